The molecule has 0 aliphatic heterocycles. The monoisotopic (exact) mass is 261 g/mol. The molecule has 0 saturated heterocycles. The van der Waals surface area contributed by atoms with Crippen LogP contribution in [0.3, 0.4) is 0 Å². The third-order valence-electron chi connectivity index (χ3n) is 3.85. The van der Waals surface area contributed by atoms with Crippen molar-refractivity contribution in [1.29, 1.82) is 0 Å². The second-order valence-electron chi connectivity index (χ2n) is 5.75. The van der Waals surface area contributed by atoms with E-state index in [-0.39, 0.29) is 11.0 Å². The van der Waals surface area contributed by atoms with Gasteiger partial charge >= 0.3 is 0 Å². The number of nitrogens with one attached hydrogen (secondary N) is 1. The normalized spacial score (nSPS) is 26.4. The predicted molar refractivity (Wildman–Crippen MR) is 72.9 cm³/mol. The summed E-state index contributed by atoms with van der Waals surface area (Å²) in [7, 11) is -2.87. The first-order valence-electron chi connectivity index (χ1n) is 6.84. The van der Waals surface area contributed by atoms with Gasteiger partial charge in [-0.3, -0.25) is 0 Å². The fraction of sp³-hybridized carbons (Fsp3) is 1.00. The second-order valence-corrected chi connectivity index (χ2v) is 8.42. The van der Waals surface area contributed by atoms with Crippen molar-refractivity contribution >= 4 is 9.84 Å². The average molecular weight is 261 g/mol. The predicted octanol–water partition coefficient (Wildman–Crippen LogP) is 2.23. The van der Waals surface area contributed by atoms with Gasteiger partial charge in [0.15, 0.2) is 9.84 Å². The Morgan fingerprint density at radius 2 is 1.76 bits per heavy atom. The van der Waals surface area contributed by atoms with Gasteiger partial charge in [-0.25, -0.2) is 8.42 Å². The summed E-state index contributed by atoms with van der Waals surface area (Å²) < 4.78 is 23.2. The standard InChI is InChI=1S/C13H27NO2S/c1-11(2)17(15,16)9-8-14-10-13-6-4-12(3)5-7-13/h11-14H,4-10H2,1-3H3. The summed E-state index contributed by atoms with van der Waals surface area (Å²) in [4.78, 5) is 0. The maximum absolute atomic E-state index is 11.6. The molecule has 102 valence electrons. The van der Waals surface area contributed by atoms with Gasteiger partial charge in [0.05, 0.1) is 11.0 Å². The van der Waals surface area contributed by atoms with Gasteiger partial charge in [0.1, 0.15) is 0 Å². The molecule has 3 nitrogen and oxygen atoms in total. The maximum Gasteiger partial charge on any atom is 0.153 e. The largest absolute Gasteiger partial charge is 0.315 e. The summed E-state index contributed by atoms with van der Waals surface area (Å²) in [5.41, 5.74) is 0. The van der Waals surface area contributed by atoms with Gasteiger partial charge in [-0.15, -0.1) is 0 Å². The summed E-state index contributed by atoms with van der Waals surface area (Å²) in [5, 5.41) is 3.05. The van der Waals surface area contributed by atoms with E-state index in [9.17, 15) is 8.42 Å². The molecule has 1 aliphatic rings. The highest BCUT2D eigenvalue weighted by molar-refractivity contribution is 7.92. The van der Waals surface area contributed by atoms with E-state index in [1.54, 1.807) is 13.8 Å². The minimum absolute atomic E-state index is 0.250. The lowest BCUT2D eigenvalue weighted by Gasteiger charge is -2.26. The molecule has 17 heavy (non-hydrogen) atoms. The zero-order valence-corrected chi connectivity index (χ0v) is 12.2. The molecule has 0 aromatic rings. The van der Waals surface area contributed by atoms with Crippen LogP contribution in [0.25, 0.3) is 0 Å². The van der Waals surface area contributed by atoms with Gasteiger partial charge in [-0.05, 0) is 45.1 Å². The molecule has 1 aliphatic carbocycles. The number of hydrogen-bond donors (Lipinski definition) is 1. The molecule has 0 spiro atoms. The van der Waals surface area contributed by atoms with E-state index in [0.29, 0.717) is 6.54 Å². The molecule has 1 N–H and O–H groups in total. The van der Waals surface area contributed by atoms with Crippen molar-refractivity contribution < 1.29 is 8.42 Å². The van der Waals surface area contributed by atoms with Crippen molar-refractivity contribution in [2.45, 2.75) is 51.7 Å². The highest BCUT2D eigenvalue weighted by Crippen LogP contribution is 2.27. The minimum atomic E-state index is -2.87. The average Bonchev–Trinajstić information content (AvgIpc) is 2.26. The van der Waals surface area contributed by atoms with E-state index in [1.807, 2.05) is 0 Å². The van der Waals surface area contributed by atoms with E-state index in [1.165, 1.54) is 25.7 Å². The van der Waals surface area contributed by atoms with Crippen LogP contribution in [0, 0.1) is 11.8 Å². The van der Waals surface area contributed by atoms with Crippen molar-refractivity contribution in [3.8, 4) is 0 Å². The Balaban J connectivity index is 2.12. The zero-order valence-electron chi connectivity index (χ0n) is 11.4. The smallest absolute Gasteiger partial charge is 0.153 e. The Bertz CT molecular complexity index is 303. The molecule has 0 aromatic carbocycles. The summed E-state index contributed by atoms with van der Waals surface area (Å²) in [6.07, 6.45) is 5.25. The van der Waals surface area contributed by atoms with E-state index in [2.05, 4.69) is 12.2 Å². The maximum atomic E-state index is 11.6. The molecule has 1 saturated carbocycles. The number of sulfone groups is 1. The number of rotatable bonds is 6. The Hall–Kier alpha value is -0.0900. The van der Waals surface area contributed by atoms with Crippen LogP contribution in [-0.2, 0) is 9.84 Å². The molecular weight excluding hydrogens is 234 g/mol. The first-order chi connectivity index (χ1) is 7.92. The fourth-order valence-corrected chi connectivity index (χ4v) is 3.19. The lowest BCUT2D eigenvalue weighted by molar-refractivity contribution is 0.283. The van der Waals surface area contributed by atoms with Crippen LogP contribution >= 0.6 is 0 Å². The highest BCUT2D eigenvalue weighted by Gasteiger charge is 2.18. The van der Waals surface area contributed by atoms with Crippen LogP contribution in [0.15, 0.2) is 0 Å². The molecule has 0 atom stereocenters. The van der Waals surface area contributed by atoms with Gasteiger partial charge in [-0.1, -0.05) is 19.8 Å². The third-order valence-corrected chi connectivity index (χ3v) is 6.06. The topological polar surface area (TPSA) is 46.2 Å². The zero-order chi connectivity index (χ0) is 12.9. The molecule has 0 amide bonds. The SMILES string of the molecule is CC1CCC(CNCCS(=O)(=O)C(C)C)CC1. The van der Waals surface area contributed by atoms with Crippen molar-refractivity contribution in [1.82, 2.24) is 5.32 Å². The molecule has 1 fully saturated rings. The fourth-order valence-electron chi connectivity index (χ4n) is 2.29. The van der Waals surface area contributed by atoms with Crippen LogP contribution in [0.1, 0.15) is 46.5 Å². The highest BCUT2D eigenvalue weighted by atomic mass is 32.2. The molecule has 0 heterocycles. The first-order valence-corrected chi connectivity index (χ1v) is 8.55. The van der Waals surface area contributed by atoms with E-state index in [0.717, 1.165) is 18.4 Å². The van der Waals surface area contributed by atoms with Crippen molar-refractivity contribution in [3.05, 3.63) is 0 Å². The van der Waals surface area contributed by atoms with E-state index < -0.39 is 9.84 Å². The van der Waals surface area contributed by atoms with Crippen LogP contribution in [0.5, 0.6) is 0 Å². The van der Waals surface area contributed by atoms with Gasteiger partial charge in [0.25, 0.3) is 0 Å². The summed E-state index contributed by atoms with van der Waals surface area (Å²) >= 11 is 0. The van der Waals surface area contributed by atoms with E-state index in [4.69, 9.17) is 0 Å². The Morgan fingerprint density at radius 3 is 2.29 bits per heavy atom. The lowest BCUT2D eigenvalue weighted by Crippen LogP contribution is -2.31. The van der Waals surface area contributed by atoms with Crippen molar-refractivity contribution in [2.75, 3.05) is 18.8 Å². The lowest BCUT2D eigenvalue weighted by atomic mass is 9.83. The van der Waals surface area contributed by atoms with Crippen LogP contribution in [0.4, 0.5) is 0 Å². The van der Waals surface area contributed by atoms with Gasteiger partial charge in [-0.2, -0.15) is 0 Å². The molecule has 1 rings (SSSR count). The minimum Gasteiger partial charge on any atom is -0.315 e. The molecule has 0 aromatic heterocycles. The van der Waals surface area contributed by atoms with E-state index >= 15 is 0 Å². The van der Waals surface area contributed by atoms with Crippen LogP contribution in [-0.4, -0.2) is 32.5 Å². The Morgan fingerprint density at radius 1 is 1.18 bits per heavy atom. The van der Waals surface area contributed by atoms with Gasteiger partial charge < -0.3 is 5.32 Å². The van der Waals surface area contributed by atoms with Gasteiger partial charge in [0.2, 0.25) is 0 Å². The molecule has 0 unspecified atom stereocenters. The summed E-state index contributed by atoms with van der Waals surface area (Å²) in [6.45, 7) is 7.40. The van der Waals surface area contributed by atoms with Crippen molar-refractivity contribution in [3.63, 3.8) is 0 Å². The molecule has 0 bridgehead atoms. The first kappa shape index (κ1) is 15.0. The molecular formula is C13H27NO2S. The molecule has 0 radical (unpaired) electrons. The Labute approximate surface area is 106 Å². The van der Waals surface area contributed by atoms with Crippen LogP contribution < -0.4 is 5.32 Å². The van der Waals surface area contributed by atoms with Crippen LogP contribution in [0.2, 0.25) is 0 Å². The quantitative estimate of drug-likeness (QED) is 0.746. The summed E-state index contributed by atoms with van der Waals surface area (Å²) in [6, 6.07) is 0. The second kappa shape index (κ2) is 6.74. The molecule has 4 heteroatoms. The number of hydrogen-bond acceptors (Lipinski definition) is 3. The third kappa shape index (κ3) is 5.38. The Kier molecular flexibility index (Phi) is 5.93. The summed E-state index contributed by atoms with van der Waals surface area (Å²) in [5.74, 6) is 1.91. The van der Waals surface area contributed by atoms with Gasteiger partial charge in [0, 0.05) is 6.54 Å². The van der Waals surface area contributed by atoms with Crippen molar-refractivity contribution in [2.24, 2.45) is 11.8 Å².